The summed E-state index contributed by atoms with van der Waals surface area (Å²) in [5.74, 6) is -0.0615. The zero-order valence-electron chi connectivity index (χ0n) is 16.1. The Hall–Kier alpha value is -3.35. The van der Waals surface area contributed by atoms with E-state index in [4.69, 9.17) is 14.2 Å². The number of ketones is 1. The number of carbonyl (C=O) groups is 3. The molecule has 7 nitrogen and oxygen atoms in total. The summed E-state index contributed by atoms with van der Waals surface area (Å²) in [6, 6.07) is 13.3. The molecule has 2 rings (SSSR count). The van der Waals surface area contributed by atoms with Gasteiger partial charge in [0.2, 0.25) is 0 Å². The number of amides is 1. The van der Waals surface area contributed by atoms with Gasteiger partial charge in [0.15, 0.2) is 18.5 Å². The molecular weight excluding hydrogens is 362 g/mol. The normalized spacial score (nSPS) is 11.2. The Kier molecular flexibility index (Phi) is 7.56. The fourth-order valence-corrected chi connectivity index (χ4v) is 2.26. The lowest BCUT2D eigenvalue weighted by Crippen LogP contribution is -2.31. The van der Waals surface area contributed by atoms with Gasteiger partial charge >= 0.3 is 5.97 Å². The van der Waals surface area contributed by atoms with Crippen LogP contribution in [0, 0.1) is 0 Å². The molecule has 0 bridgehead atoms. The summed E-state index contributed by atoms with van der Waals surface area (Å²) in [6.45, 7) is 5.04. The summed E-state index contributed by atoms with van der Waals surface area (Å²) in [7, 11) is 0. The topological polar surface area (TPSA) is 90.9 Å². The minimum atomic E-state index is -0.984. The van der Waals surface area contributed by atoms with Gasteiger partial charge < -0.3 is 19.5 Å². The number of rotatable bonds is 9. The molecule has 28 heavy (non-hydrogen) atoms. The molecule has 0 aliphatic heterocycles. The molecule has 2 aromatic carbocycles. The van der Waals surface area contributed by atoms with E-state index < -0.39 is 18.0 Å². The van der Waals surface area contributed by atoms with Crippen LogP contribution in [-0.4, -0.2) is 37.0 Å². The van der Waals surface area contributed by atoms with Gasteiger partial charge in [-0.3, -0.25) is 9.59 Å². The third kappa shape index (κ3) is 6.42. The molecular formula is C21H23NO6. The fourth-order valence-electron chi connectivity index (χ4n) is 2.26. The monoisotopic (exact) mass is 385 g/mol. The molecule has 0 saturated carbocycles. The molecule has 2 aromatic rings. The largest absolute Gasteiger partial charge is 0.494 e. The van der Waals surface area contributed by atoms with Gasteiger partial charge in [-0.15, -0.1) is 0 Å². The predicted octanol–water partition coefficient (Wildman–Crippen LogP) is 3.24. The smallest absolute Gasteiger partial charge is 0.344 e. The number of ether oxygens (including phenoxy) is 3. The van der Waals surface area contributed by atoms with Crippen LogP contribution in [0.2, 0.25) is 0 Å². The molecule has 1 N–H and O–H groups in total. The van der Waals surface area contributed by atoms with Gasteiger partial charge in [-0.05, 0) is 69.3 Å². The molecule has 1 amide bonds. The maximum atomic E-state index is 12.1. The van der Waals surface area contributed by atoms with E-state index in [1.807, 2.05) is 6.92 Å². The molecule has 0 aliphatic rings. The van der Waals surface area contributed by atoms with Crippen LogP contribution in [0.3, 0.4) is 0 Å². The van der Waals surface area contributed by atoms with E-state index >= 15 is 0 Å². The van der Waals surface area contributed by atoms with Crippen molar-refractivity contribution in [2.45, 2.75) is 26.9 Å². The molecule has 0 radical (unpaired) electrons. The third-order valence-electron chi connectivity index (χ3n) is 3.73. The first-order valence-corrected chi connectivity index (χ1v) is 8.86. The van der Waals surface area contributed by atoms with Crippen LogP contribution in [0.4, 0.5) is 5.69 Å². The second-order valence-electron chi connectivity index (χ2n) is 5.95. The van der Waals surface area contributed by atoms with Crippen molar-refractivity contribution in [3.05, 3.63) is 54.1 Å². The maximum Gasteiger partial charge on any atom is 0.344 e. The molecule has 7 heteroatoms. The standard InChI is InChI=1S/C21H23NO6/c1-4-26-18-11-7-17(8-12-18)22-21(25)15(3)28-20(24)13-27-19-9-5-16(6-10-19)14(2)23/h5-12,15H,4,13H2,1-3H3,(H,22,25)/t15-/m0/s1. The Morgan fingerprint density at radius 3 is 2.07 bits per heavy atom. The summed E-state index contributed by atoms with van der Waals surface area (Å²) < 4.78 is 15.7. The van der Waals surface area contributed by atoms with Gasteiger partial charge in [0.05, 0.1) is 6.61 Å². The summed E-state index contributed by atoms with van der Waals surface area (Å²) in [5, 5.41) is 2.66. The van der Waals surface area contributed by atoms with Crippen molar-refractivity contribution in [2.24, 2.45) is 0 Å². The van der Waals surface area contributed by atoms with E-state index in [1.54, 1.807) is 48.5 Å². The third-order valence-corrected chi connectivity index (χ3v) is 3.73. The molecule has 0 unspecified atom stereocenters. The molecule has 1 atom stereocenters. The summed E-state index contributed by atoms with van der Waals surface area (Å²) >= 11 is 0. The van der Waals surface area contributed by atoms with Crippen LogP contribution in [0.15, 0.2) is 48.5 Å². The van der Waals surface area contributed by atoms with Crippen LogP contribution in [0.5, 0.6) is 11.5 Å². The van der Waals surface area contributed by atoms with Crippen molar-refractivity contribution < 1.29 is 28.6 Å². The first-order valence-electron chi connectivity index (χ1n) is 8.86. The molecule has 0 spiro atoms. The molecule has 148 valence electrons. The summed E-state index contributed by atoms with van der Waals surface area (Å²) in [6.07, 6.45) is -0.984. The fraction of sp³-hybridized carbons (Fsp3) is 0.286. The van der Waals surface area contributed by atoms with Gasteiger partial charge in [0, 0.05) is 11.3 Å². The number of benzene rings is 2. The van der Waals surface area contributed by atoms with Crippen molar-refractivity contribution in [1.29, 1.82) is 0 Å². The average molecular weight is 385 g/mol. The highest BCUT2D eigenvalue weighted by Gasteiger charge is 2.18. The highest BCUT2D eigenvalue weighted by molar-refractivity contribution is 5.95. The van der Waals surface area contributed by atoms with Gasteiger partial charge in [0.1, 0.15) is 11.5 Å². The van der Waals surface area contributed by atoms with Crippen LogP contribution in [0.25, 0.3) is 0 Å². The summed E-state index contributed by atoms with van der Waals surface area (Å²) in [5.41, 5.74) is 1.12. The lowest BCUT2D eigenvalue weighted by molar-refractivity contribution is -0.155. The number of esters is 1. The number of Topliss-reactive ketones (excluding diaryl/α,β-unsaturated/α-hetero) is 1. The SMILES string of the molecule is CCOc1ccc(NC(=O)[C@H](C)OC(=O)COc2ccc(C(C)=O)cc2)cc1. The maximum absolute atomic E-state index is 12.1. The van der Waals surface area contributed by atoms with Crippen LogP contribution in [-0.2, 0) is 14.3 Å². The molecule has 0 aromatic heterocycles. The highest BCUT2D eigenvalue weighted by Crippen LogP contribution is 2.16. The number of hydrogen-bond acceptors (Lipinski definition) is 6. The summed E-state index contributed by atoms with van der Waals surface area (Å²) in [4.78, 5) is 35.2. The Morgan fingerprint density at radius 2 is 1.50 bits per heavy atom. The quantitative estimate of drug-likeness (QED) is 0.526. The second-order valence-corrected chi connectivity index (χ2v) is 5.95. The molecule has 0 saturated heterocycles. The first kappa shape index (κ1) is 21.0. The molecule has 0 aliphatic carbocycles. The van der Waals surface area contributed by atoms with E-state index in [1.165, 1.54) is 13.8 Å². The Labute approximate surface area is 163 Å². The number of hydrogen-bond donors (Lipinski definition) is 1. The van der Waals surface area contributed by atoms with Crippen LogP contribution < -0.4 is 14.8 Å². The van der Waals surface area contributed by atoms with Gasteiger partial charge in [-0.2, -0.15) is 0 Å². The number of anilines is 1. The van der Waals surface area contributed by atoms with Gasteiger partial charge in [-0.25, -0.2) is 4.79 Å². The molecule has 0 fully saturated rings. The zero-order chi connectivity index (χ0) is 20.5. The van der Waals surface area contributed by atoms with Gasteiger partial charge in [-0.1, -0.05) is 0 Å². The van der Waals surface area contributed by atoms with Crippen molar-refractivity contribution in [3.8, 4) is 11.5 Å². The van der Waals surface area contributed by atoms with Crippen molar-refractivity contribution in [2.75, 3.05) is 18.5 Å². The minimum Gasteiger partial charge on any atom is -0.494 e. The minimum absolute atomic E-state index is 0.0571. The van der Waals surface area contributed by atoms with Gasteiger partial charge in [0.25, 0.3) is 5.91 Å². The average Bonchev–Trinajstić information content (AvgIpc) is 2.68. The van der Waals surface area contributed by atoms with E-state index in [0.717, 1.165) is 0 Å². The lowest BCUT2D eigenvalue weighted by atomic mass is 10.1. The highest BCUT2D eigenvalue weighted by atomic mass is 16.6. The van der Waals surface area contributed by atoms with Crippen LogP contribution in [0.1, 0.15) is 31.1 Å². The first-order chi connectivity index (χ1) is 13.4. The van der Waals surface area contributed by atoms with Crippen molar-refractivity contribution in [3.63, 3.8) is 0 Å². The van der Waals surface area contributed by atoms with E-state index in [9.17, 15) is 14.4 Å². The number of carbonyl (C=O) groups excluding carboxylic acids is 3. The van der Waals surface area contributed by atoms with E-state index in [-0.39, 0.29) is 12.4 Å². The Bertz CT molecular complexity index is 814. The number of nitrogens with one attached hydrogen (secondary N) is 1. The van der Waals surface area contributed by atoms with E-state index in [2.05, 4.69) is 5.32 Å². The van der Waals surface area contributed by atoms with Crippen molar-refractivity contribution >= 4 is 23.3 Å². The Balaban J connectivity index is 1.78. The Morgan fingerprint density at radius 1 is 0.929 bits per heavy atom. The zero-order valence-corrected chi connectivity index (χ0v) is 16.1. The molecule has 0 heterocycles. The second kappa shape index (κ2) is 10.1. The van der Waals surface area contributed by atoms with E-state index in [0.29, 0.717) is 29.4 Å². The predicted molar refractivity (Wildman–Crippen MR) is 104 cm³/mol. The lowest BCUT2D eigenvalue weighted by Gasteiger charge is -2.14. The van der Waals surface area contributed by atoms with Crippen LogP contribution >= 0.6 is 0 Å². The van der Waals surface area contributed by atoms with Crippen molar-refractivity contribution in [1.82, 2.24) is 0 Å².